The maximum absolute atomic E-state index is 10.7. The first-order valence-electron chi connectivity index (χ1n) is 2.82. The van der Waals surface area contributed by atoms with E-state index in [1.165, 1.54) is 13.3 Å². The van der Waals surface area contributed by atoms with E-state index in [-0.39, 0.29) is 5.82 Å². The predicted octanol–water partition coefficient (Wildman–Crippen LogP) is 0.407. The molecule has 11 heavy (non-hydrogen) atoms. The van der Waals surface area contributed by atoms with Gasteiger partial charge in [-0.15, -0.1) is 0 Å². The van der Waals surface area contributed by atoms with Gasteiger partial charge in [0.15, 0.2) is 0 Å². The molecule has 5 heteroatoms. The van der Waals surface area contributed by atoms with Gasteiger partial charge in [0.2, 0.25) is 5.82 Å². The maximum Gasteiger partial charge on any atom is 0.376 e. The number of hydrogen-bond acceptors (Lipinski definition) is 4. The number of nitrogens with zero attached hydrogens (tertiary/aromatic N) is 2. The second-order valence-corrected chi connectivity index (χ2v) is 1.71. The highest BCUT2D eigenvalue weighted by Gasteiger charge is 2.08. The third-order valence-corrected chi connectivity index (χ3v) is 0.998. The van der Waals surface area contributed by atoms with Crippen LogP contribution in [0.3, 0.4) is 0 Å². The average Bonchev–Trinajstić information content (AvgIpc) is 2.03. The van der Waals surface area contributed by atoms with Crippen molar-refractivity contribution in [3.63, 3.8) is 0 Å². The molecule has 1 heterocycles. The Labute approximate surface area is 62.7 Å². The molecule has 0 spiro atoms. The molecule has 0 saturated heterocycles. The van der Waals surface area contributed by atoms with Gasteiger partial charge in [-0.3, -0.25) is 5.11 Å². The van der Waals surface area contributed by atoms with Crippen LogP contribution in [0.25, 0.3) is 0 Å². The van der Waals surface area contributed by atoms with Crippen LogP contribution in [-0.2, 0) is 9.84 Å². The molecule has 0 saturated carbocycles. The highest BCUT2D eigenvalue weighted by molar-refractivity contribution is 5.84. The monoisotopic (exact) mass is 153 g/mol. The average molecular weight is 153 g/mol. The Morgan fingerprint density at radius 1 is 1.64 bits per heavy atom. The number of aromatic nitrogens is 2. The summed E-state index contributed by atoms with van der Waals surface area (Å²) in [6, 6.07) is 1.16. The number of ether oxygens (including phenoxy) is 1. The van der Waals surface area contributed by atoms with Crippen LogP contribution >= 0.6 is 0 Å². The molecule has 0 amide bonds. The minimum atomic E-state index is -0.706. The first kappa shape index (κ1) is 7.46. The summed E-state index contributed by atoms with van der Waals surface area (Å²) >= 11 is 0. The highest BCUT2D eigenvalue weighted by atomic mass is 16.5. The van der Waals surface area contributed by atoms with Crippen LogP contribution in [0.4, 0.5) is 0 Å². The van der Waals surface area contributed by atoms with Gasteiger partial charge in [0.25, 0.3) is 5.88 Å². The van der Waals surface area contributed by atoms with Crippen molar-refractivity contribution >= 4 is 5.97 Å². The summed E-state index contributed by atoms with van der Waals surface area (Å²) < 4.78 is 4.29. The molecule has 0 aliphatic rings. The number of esters is 1. The fourth-order valence-corrected chi connectivity index (χ4v) is 0.532. The Bertz CT molecular complexity index is 274. The molecular weight excluding hydrogens is 148 g/mol. The SMILES string of the molecule is COC(=O)c1nccc([O])n1. The molecule has 57 valence electrons. The fraction of sp³-hybridized carbons (Fsp3) is 0.167. The van der Waals surface area contributed by atoms with Gasteiger partial charge in [-0.1, -0.05) is 0 Å². The van der Waals surface area contributed by atoms with Gasteiger partial charge in [-0.2, -0.15) is 4.98 Å². The van der Waals surface area contributed by atoms with Crippen LogP contribution in [0.1, 0.15) is 10.6 Å². The molecule has 0 atom stereocenters. The number of carbonyl (C=O) groups excluding carboxylic acids is 1. The van der Waals surface area contributed by atoms with E-state index in [1.54, 1.807) is 0 Å². The van der Waals surface area contributed by atoms with E-state index in [4.69, 9.17) is 0 Å². The Balaban J connectivity index is 2.96. The van der Waals surface area contributed by atoms with Gasteiger partial charge < -0.3 is 4.74 Å². The van der Waals surface area contributed by atoms with Gasteiger partial charge in [0.1, 0.15) is 0 Å². The Morgan fingerprint density at radius 3 is 2.91 bits per heavy atom. The second-order valence-electron chi connectivity index (χ2n) is 1.71. The highest BCUT2D eigenvalue weighted by Crippen LogP contribution is 2.02. The van der Waals surface area contributed by atoms with E-state index in [0.717, 1.165) is 6.07 Å². The van der Waals surface area contributed by atoms with Crippen LogP contribution in [0.5, 0.6) is 5.88 Å². The molecule has 0 aliphatic carbocycles. The summed E-state index contributed by atoms with van der Waals surface area (Å²) in [5.41, 5.74) is 0. The lowest BCUT2D eigenvalue weighted by Crippen LogP contribution is -2.06. The Kier molecular flexibility index (Phi) is 2.00. The lowest BCUT2D eigenvalue weighted by Gasteiger charge is -1.94. The van der Waals surface area contributed by atoms with Crippen LogP contribution in [0.15, 0.2) is 12.3 Å². The predicted molar refractivity (Wildman–Crippen MR) is 33.5 cm³/mol. The van der Waals surface area contributed by atoms with Gasteiger partial charge in [0, 0.05) is 12.3 Å². The van der Waals surface area contributed by atoms with E-state index in [2.05, 4.69) is 14.7 Å². The zero-order valence-corrected chi connectivity index (χ0v) is 5.77. The molecule has 5 nitrogen and oxygen atoms in total. The molecule has 0 bridgehead atoms. The zero-order valence-electron chi connectivity index (χ0n) is 5.77. The normalized spacial score (nSPS) is 9.18. The lowest BCUT2D eigenvalue weighted by atomic mass is 10.5. The Hall–Kier alpha value is -1.65. The van der Waals surface area contributed by atoms with Crippen molar-refractivity contribution in [2.24, 2.45) is 0 Å². The molecule has 0 unspecified atom stereocenters. The van der Waals surface area contributed by atoms with Crippen molar-refractivity contribution < 1.29 is 14.6 Å². The van der Waals surface area contributed by atoms with E-state index in [0.29, 0.717) is 0 Å². The van der Waals surface area contributed by atoms with Crippen LogP contribution in [-0.4, -0.2) is 23.0 Å². The molecule has 1 rings (SSSR count). The molecule has 0 aliphatic heterocycles. The van der Waals surface area contributed by atoms with Gasteiger partial charge in [-0.05, 0) is 0 Å². The molecule has 1 aromatic rings. The quantitative estimate of drug-likeness (QED) is 0.547. The molecule has 0 fully saturated rings. The van der Waals surface area contributed by atoms with Crippen molar-refractivity contribution in [3.05, 3.63) is 18.1 Å². The first-order chi connectivity index (χ1) is 5.24. The van der Waals surface area contributed by atoms with Crippen LogP contribution < -0.4 is 0 Å². The standard InChI is InChI=1S/C6H5N2O3/c1-11-6(10)5-7-3-2-4(9)8-5/h2-3H,1H3. The van der Waals surface area contributed by atoms with Crippen molar-refractivity contribution in [1.29, 1.82) is 0 Å². The summed E-state index contributed by atoms with van der Waals surface area (Å²) in [4.78, 5) is 17.5. The van der Waals surface area contributed by atoms with E-state index in [1.807, 2.05) is 0 Å². The number of methoxy groups -OCH3 is 1. The number of rotatable bonds is 1. The number of carbonyl (C=O) groups is 1. The third-order valence-electron chi connectivity index (χ3n) is 0.998. The fourth-order valence-electron chi connectivity index (χ4n) is 0.532. The summed E-state index contributed by atoms with van der Waals surface area (Å²) in [7, 11) is 1.20. The molecular formula is C6H5N2O3. The van der Waals surface area contributed by atoms with Crippen molar-refractivity contribution in [3.8, 4) is 5.88 Å². The van der Waals surface area contributed by atoms with Crippen molar-refractivity contribution in [2.45, 2.75) is 0 Å². The zero-order chi connectivity index (χ0) is 8.27. The minimum absolute atomic E-state index is 0.208. The van der Waals surface area contributed by atoms with Crippen molar-refractivity contribution in [1.82, 2.24) is 9.97 Å². The topological polar surface area (TPSA) is 72.0 Å². The maximum atomic E-state index is 10.7. The van der Waals surface area contributed by atoms with Crippen LogP contribution in [0.2, 0.25) is 0 Å². The van der Waals surface area contributed by atoms with Gasteiger partial charge in [-0.25, -0.2) is 9.78 Å². The largest absolute Gasteiger partial charge is 0.463 e. The first-order valence-corrected chi connectivity index (χ1v) is 2.82. The van der Waals surface area contributed by atoms with E-state index < -0.39 is 11.8 Å². The Morgan fingerprint density at radius 2 is 2.36 bits per heavy atom. The van der Waals surface area contributed by atoms with Gasteiger partial charge in [0.05, 0.1) is 7.11 Å². The smallest absolute Gasteiger partial charge is 0.376 e. The number of hydrogen-bond donors (Lipinski definition) is 0. The molecule has 0 aromatic carbocycles. The minimum Gasteiger partial charge on any atom is -0.463 e. The summed E-state index contributed by atoms with van der Waals surface area (Å²) in [5, 5.41) is 10.6. The van der Waals surface area contributed by atoms with E-state index >= 15 is 0 Å². The van der Waals surface area contributed by atoms with E-state index in [9.17, 15) is 9.90 Å². The van der Waals surface area contributed by atoms with Crippen LogP contribution in [0, 0.1) is 0 Å². The van der Waals surface area contributed by atoms with Crippen molar-refractivity contribution in [2.75, 3.05) is 7.11 Å². The molecule has 1 radical (unpaired) electrons. The summed E-state index contributed by atoms with van der Waals surface area (Å²) in [5.74, 6) is -1.41. The summed E-state index contributed by atoms with van der Waals surface area (Å²) in [6.07, 6.45) is 1.21. The lowest BCUT2D eigenvalue weighted by molar-refractivity contribution is 0.0584. The molecule has 0 N–H and O–H groups in total. The van der Waals surface area contributed by atoms with Gasteiger partial charge >= 0.3 is 5.97 Å². The second kappa shape index (κ2) is 2.96. The molecule has 1 aromatic heterocycles. The third kappa shape index (κ3) is 1.64. The summed E-state index contributed by atoms with van der Waals surface area (Å²) in [6.45, 7) is 0.